The highest BCUT2D eigenvalue weighted by molar-refractivity contribution is 7.91. The van der Waals surface area contributed by atoms with Crippen LogP contribution in [0.1, 0.15) is 37.1 Å². The number of fused-ring (bicyclic) bond motifs is 2. The zero-order chi connectivity index (χ0) is 26.9. The van der Waals surface area contributed by atoms with Gasteiger partial charge in [0.05, 0.1) is 28.0 Å². The molecule has 1 N–H and O–H groups in total. The smallest absolute Gasteiger partial charge is 0.225 e. The van der Waals surface area contributed by atoms with E-state index >= 15 is 0 Å². The Morgan fingerprint density at radius 1 is 1.13 bits per heavy atom. The summed E-state index contributed by atoms with van der Waals surface area (Å²) >= 11 is 3.26. The number of benzene rings is 2. The summed E-state index contributed by atoms with van der Waals surface area (Å²) in [6.07, 6.45) is 1.27. The van der Waals surface area contributed by atoms with E-state index in [4.69, 9.17) is 9.72 Å². The van der Waals surface area contributed by atoms with E-state index in [1.165, 1.54) is 29.7 Å². The summed E-state index contributed by atoms with van der Waals surface area (Å²) in [6, 6.07) is 14.8. The number of amides is 1. The maximum absolute atomic E-state index is 13.0. The highest BCUT2D eigenvalue weighted by Gasteiger charge is 2.28. The van der Waals surface area contributed by atoms with Gasteiger partial charge in [-0.2, -0.15) is 0 Å². The van der Waals surface area contributed by atoms with Crippen LogP contribution >= 0.6 is 22.7 Å². The van der Waals surface area contributed by atoms with Crippen molar-refractivity contribution in [2.45, 2.75) is 50.6 Å². The van der Waals surface area contributed by atoms with Crippen LogP contribution in [0.25, 0.3) is 20.8 Å². The molecule has 0 fully saturated rings. The number of ether oxygens (including phenoxy) is 1. The molecule has 1 aliphatic heterocycles. The molecular formula is C28H31N3O4S3. The van der Waals surface area contributed by atoms with Crippen molar-refractivity contribution in [3.05, 3.63) is 59.0 Å². The number of hydrogen-bond acceptors (Lipinski definition) is 8. The molecule has 200 valence electrons. The lowest BCUT2D eigenvalue weighted by molar-refractivity contribution is -0.116. The van der Waals surface area contributed by atoms with Crippen molar-refractivity contribution in [3.8, 4) is 16.3 Å². The second-order valence-corrected chi connectivity index (χ2v) is 13.9. The number of methoxy groups -OCH3 is 1. The van der Waals surface area contributed by atoms with Crippen molar-refractivity contribution >= 4 is 53.6 Å². The molecule has 7 nitrogen and oxygen atoms in total. The van der Waals surface area contributed by atoms with Crippen LogP contribution in [0.15, 0.2) is 53.4 Å². The Morgan fingerprint density at radius 3 is 2.61 bits per heavy atom. The molecule has 4 aromatic rings. The zero-order valence-electron chi connectivity index (χ0n) is 21.7. The molecule has 0 spiro atoms. The van der Waals surface area contributed by atoms with Gasteiger partial charge in [-0.1, -0.05) is 12.1 Å². The molecule has 38 heavy (non-hydrogen) atoms. The van der Waals surface area contributed by atoms with E-state index < -0.39 is 9.84 Å². The van der Waals surface area contributed by atoms with Gasteiger partial charge in [0.15, 0.2) is 9.84 Å². The summed E-state index contributed by atoms with van der Waals surface area (Å²) < 4.78 is 31.7. The topological polar surface area (TPSA) is 88.6 Å². The number of nitrogens with zero attached hydrogens (tertiary/aromatic N) is 2. The molecule has 0 aliphatic carbocycles. The van der Waals surface area contributed by atoms with E-state index in [2.05, 4.69) is 30.1 Å². The maximum atomic E-state index is 13.0. The minimum absolute atomic E-state index is 0.0955. The van der Waals surface area contributed by atoms with E-state index in [0.717, 1.165) is 45.3 Å². The summed E-state index contributed by atoms with van der Waals surface area (Å²) in [5, 5.41) is 4.84. The zero-order valence-corrected chi connectivity index (χ0v) is 24.1. The van der Waals surface area contributed by atoms with Gasteiger partial charge in [0.25, 0.3) is 0 Å². The molecule has 1 amide bonds. The number of aromatic nitrogens is 1. The summed E-state index contributed by atoms with van der Waals surface area (Å²) in [6.45, 7) is 6.23. The third-order valence-corrected chi connectivity index (χ3v) is 10.8. The minimum atomic E-state index is -3.48. The summed E-state index contributed by atoms with van der Waals surface area (Å²) in [5.41, 5.74) is 3.24. The fraction of sp³-hybridized carbons (Fsp3) is 0.357. The number of thiophene rings is 1. The number of rotatable bonds is 9. The molecular weight excluding hydrogens is 539 g/mol. The van der Waals surface area contributed by atoms with Crippen LogP contribution in [0.3, 0.4) is 0 Å². The predicted molar refractivity (Wildman–Crippen MR) is 155 cm³/mol. The fourth-order valence-electron chi connectivity index (χ4n) is 4.67. The van der Waals surface area contributed by atoms with Crippen LogP contribution in [0.4, 0.5) is 5.00 Å². The number of thiazole rings is 1. The summed E-state index contributed by atoms with van der Waals surface area (Å²) in [5.74, 6) is 0.320. The largest absolute Gasteiger partial charge is 0.497 e. The summed E-state index contributed by atoms with van der Waals surface area (Å²) in [7, 11) is -1.95. The number of carbonyl (C=O) groups excluding carboxylic acids is 1. The van der Waals surface area contributed by atoms with Crippen molar-refractivity contribution in [1.29, 1.82) is 0 Å². The number of anilines is 1. The van der Waals surface area contributed by atoms with Gasteiger partial charge in [0, 0.05) is 36.0 Å². The van der Waals surface area contributed by atoms with Crippen molar-refractivity contribution in [3.63, 3.8) is 0 Å². The lowest BCUT2D eigenvalue weighted by Crippen LogP contribution is -2.35. The molecule has 0 saturated heterocycles. The van der Waals surface area contributed by atoms with Gasteiger partial charge in [-0.3, -0.25) is 9.69 Å². The number of sulfone groups is 1. The number of nitrogens with one attached hydrogen (secondary N) is 1. The Kier molecular flexibility index (Phi) is 7.85. The lowest BCUT2D eigenvalue weighted by Gasteiger charge is -2.30. The molecule has 0 bridgehead atoms. The molecule has 0 unspecified atom stereocenters. The molecule has 3 heterocycles. The predicted octanol–water partition coefficient (Wildman–Crippen LogP) is 5.99. The maximum Gasteiger partial charge on any atom is 0.225 e. The Bertz CT molecular complexity index is 1520. The van der Waals surface area contributed by atoms with Gasteiger partial charge in [-0.05, 0) is 68.7 Å². The van der Waals surface area contributed by atoms with Gasteiger partial charge in [-0.25, -0.2) is 13.4 Å². The van der Waals surface area contributed by atoms with Crippen LogP contribution in [-0.4, -0.2) is 49.7 Å². The van der Waals surface area contributed by atoms with Gasteiger partial charge in [-0.15, -0.1) is 22.7 Å². The SMILES string of the molecule is COc1ccc(S(=O)(=O)CCCC(=O)Nc2sc3c(c2-c2nc4ccccc4s2)CCN(C(C)C)C3)cc1. The molecule has 2 aromatic carbocycles. The van der Waals surface area contributed by atoms with Crippen molar-refractivity contribution in [1.82, 2.24) is 9.88 Å². The second kappa shape index (κ2) is 11.1. The minimum Gasteiger partial charge on any atom is -0.497 e. The van der Waals surface area contributed by atoms with E-state index in [1.807, 2.05) is 18.2 Å². The monoisotopic (exact) mass is 569 g/mol. The molecule has 0 atom stereocenters. The molecule has 0 saturated carbocycles. The Labute approximate surface area is 231 Å². The third kappa shape index (κ3) is 5.63. The van der Waals surface area contributed by atoms with Crippen molar-refractivity contribution in [2.24, 2.45) is 0 Å². The first-order chi connectivity index (χ1) is 18.2. The quantitative estimate of drug-likeness (QED) is 0.266. The highest BCUT2D eigenvalue weighted by Crippen LogP contribution is 2.46. The first-order valence-electron chi connectivity index (χ1n) is 12.7. The van der Waals surface area contributed by atoms with Crippen molar-refractivity contribution < 1.29 is 17.9 Å². The molecule has 2 aromatic heterocycles. The second-order valence-electron chi connectivity index (χ2n) is 9.66. The fourth-order valence-corrected chi connectivity index (χ4v) is 8.38. The molecule has 0 radical (unpaired) electrons. The van der Waals surface area contributed by atoms with E-state index in [9.17, 15) is 13.2 Å². The van der Waals surface area contributed by atoms with Crippen LogP contribution in [0.5, 0.6) is 5.75 Å². The van der Waals surface area contributed by atoms with Crippen LogP contribution in [0.2, 0.25) is 0 Å². The number of para-hydroxylation sites is 1. The Balaban J connectivity index is 1.34. The number of carbonyl (C=O) groups is 1. The van der Waals surface area contributed by atoms with E-state index in [0.29, 0.717) is 11.8 Å². The third-order valence-electron chi connectivity index (χ3n) is 6.81. The van der Waals surface area contributed by atoms with Gasteiger partial charge >= 0.3 is 0 Å². The highest BCUT2D eigenvalue weighted by atomic mass is 32.2. The van der Waals surface area contributed by atoms with Crippen LogP contribution < -0.4 is 10.1 Å². The molecule has 1 aliphatic rings. The van der Waals surface area contributed by atoms with E-state index in [-0.39, 0.29) is 29.4 Å². The average Bonchev–Trinajstić information content (AvgIpc) is 3.48. The summed E-state index contributed by atoms with van der Waals surface area (Å²) in [4.78, 5) is 21.8. The van der Waals surface area contributed by atoms with Crippen molar-refractivity contribution in [2.75, 3.05) is 24.7 Å². The first-order valence-corrected chi connectivity index (χ1v) is 15.9. The van der Waals surface area contributed by atoms with Crippen LogP contribution in [-0.2, 0) is 27.6 Å². The first kappa shape index (κ1) is 26.8. The lowest BCUT2D eigenvalue weighted by atomic mass is 10.0. The van der Waals surface area contributed by atoms with Gasteiger partial charge in [0.1, 0.15) is 15.8 Å². The Morgan fingerprint density at radius 2 is 1.89 bits per heavy atom. The molecule has 5 rings (SSSR count). The van der Waals surface area contributed by atoms with Gasteiger partial charge in [0.2, 0.25) is 5.91 Å². The Hall–Kier alpha value is -2.79. The number of hydrogen-bond donors (Lipinski definition) is 1. The standard InChI is InChI=1S/C28H31N3O4S3/c1-18(2)31-15-14-21-24(17-31)37-28(26(21)27-29-22-7-4-5-8-23(22)36-27)30-25(32)9-6-16-38(33,34)20-12-10-19(35-3)11-13-20/h4-5,7-8,10-13,18H,6,9,14-17H2,1-3H3,(H,30,32). The van der Waals surface area contributed by atoms with Gasteiger partial charge < -0.3 is 10.1 Å². The van der Waals surface area contributed by atoms with E-state index in [1.54, 1.807) is 34.8 Å². The molecule has 10 heteroatoms. The average molecular weight is 570 g/mol. The normalized spacial score (nSPS) is 14.1. The van der Waals surface area contributed by atoms with Crippen LogP contribution in [0, 0.1) is 0 Å².